The molecule has 8 heteroatoms. The Morgan fingerprint density at radius 3 is 3.12 bits per heavy atom. The van der Waals surface area contributed by atoms with Crippen molar-refractivity contribution in [2.75, 3.05) is 4.90 Å². The fourth-order valence-electron chi connectivity index (χ4n) is 2.85. The molecule has 0 saturated heterocycles. The molecule has 24 heavy (non-hydrogen) atoms. The molecule has 0 fully saturated rings. The average molecular weight is 340 g/mol. The maximum absolute atomic E-state index is 6.19. The third-order valence-corrected chi connectivity index (χ3v) is 4.30. The van der Waals surface area contributed by atoms with Crippen LogP contribution in [0, 0.1) is 0 Å². The summed E-state index contributed by atoms with van der Waals surface area (Å²) in [5.41, 5.74) is 2.74. The quantitative estimate of drug-likeness (QED) is 0.770. The lowest BCUT2D eigenvalue weighted by Gasteiger charge is -2.21. The summed E-state index contributed by atoms with van der Waals surface area (Å²) in [6, 6.07) is 3.78. The van der Waals surface area contributed by atoms with Crippen LogP contribution in [0.1, 0.15) is 12.0 Å². The van der Waals surface area contributed by atoms with Crippen LogP contribution in [0.15, 0.2) is 65.0 Å². The molecule has 0 bridgehead atoms. The van der Waals surface area contributed by atoms with Crippen molar-refractivity contribution in [3.8, 4) is 0 Å². The topological polar surface area (TPSA) is 80.1 Å². The van der Waals surface area contributed by atoms with Crippen molar-refractivity contribution in [1.82, 2.24) is 20.4 Å². The van der Waals surface area contributed by atoms with E-state index in [1.165, 1.54) is 6.39 Å². The van der Waals surface area contributed by atoms with E-state index in [0.29, 0.717) is 10.9 Å². The number of nitrogens with zero attached hydrogens (tertiary/aromatic N) is 4. The predicted octanol–water partition coefficient (Wildman–Crippen LogP) is 3.47. The van der Waals surface area contributed by atoms with Gasteiger partial charge in [0.15, 0.2) is 6.10 Å². The number of halogens is 1. The lowest BCUT2D eigenvalue weighted by atomic mass is 10.1. The number of hydrogen-bond acceptors (Lipinski definition) is 6. The van der Waals surface area contributed by atoms with E-state index in [1.54, 1.807) is 6.20 Å². The number of aromatic amines is 1. The van der Waals surface area contributed by atoms with E-state index < -0.39 is 0 Å². The van der Waals surface area contributed by atoms with Gasteiger partial charge in [-0.05, 0) is 24.3 Å². The molecule has 0 saturated carbocycles. The highest BCUT2D eigenvalue weighted by atomic mass is 35.5. The van der Waals surface area contributed by atoms with Gasteiger partial charge in [0.05, 0.1) is 28.6 Å². The Hall–Kier alpha value is -3.06. The van der Waals surface area contributed by atoms with Crippen LogP contribution >= 0.6 is 11.6 Å². The number of aromatic nitrogens is 4. The summed E-state index contributed by atoms with van der Waals surface area (Å²) in [6.45, 7) is 0. The van der Waals surface area contributed by atoms with E-state index in [0.717, 1.165) is 27.9 Å². The van der Waals surface area contributed by atoms with Crippen LogP contribution in [-0.4, -0.2) is 20.4 Å². The maximum atomic E-state index is 6.19. The monoisotopic (exact) mass is 339 g/mol. The van der Waals surface area contributed by atoms with Gasteiger partial charge in [-0.3, -0.25) is 5.10 Å². The van der Waals surface area contributed by atoms with E-state index >= 15 is 0 Å². The second kappa shape index (κ2) is 4.97. The SMILES string of the molecule is Clc1ccc(N2C=CC3=CC(c4nnco4)OC3=C2)c2cn[nH]c12. The minimum Gasteiger partial charge on any atom is -0.474 e. The summed E-state index contributed by atoms with van der Waals surface area (Å²) in [7, 11) is 0. The van der Waals surface area contributed by atoms with Gasteiger partial charge in [0.1, 0.15) is 5.76 Å². The number of nitrogens with one attached hydrogen (secondary N) is 1. The van der Waals surface area contributed by atoms with Crippen molar-refractivity contribution in [1.29, 1.82) is 0 Å². The molecule has 7 nitrogen and oxygen atoms in total. The van der Waals surface area contributed by atoms with Crippen molar-refractivity contribution in [2.24, 2.45) is 0 Å². The van der Waals surface area contributed by atoms with Gasteiger partial charge in [-0.15, -0.1) is 10.2 Å². The Balaban J connectivity index is 1.52. The molecular formula is C16H10ClN5O2. The van der Waals surface area contributed by atoms with Gasteiger partial charge in [-0.2, -0.15) is 5.10 Å². The first kappa shape index (κ1) is 13.4. The molecule has 3 aromatic rings. The molecule has 1 unspecified atom stereocenters. The lowest BCUT2D eigenvalue weighted by molar-refractivity contribution is 0.154. The van der Waals surface area contributed by atoms with Gasteiger partial charge in [-0.1, -0.05) is 11.6 Å². The van der Waals surface area contributed by atoms with Crippen LogP contribution in [-0.2, 0) is 4.74 Å². The highest BCUT2D eigenvalue weighted by Crippen LogP contribution is 2.38. The van der Waals surface area contributed by atoms with Crippen LogP contribution in [0.2, 0.25) is 5.02 Å². The Bertz CT molecular complexity index is 1020. The molecule has 2 aliphatic heterocycles. The smallest absolute Gasteiger partial charge is 0.260 e. The van der Waals surface area contributed by atoms with Gasteiger partial charge < -0.3 is 14.1 Å². The van der Waals surface area contributed by atoms with Gasteiger partial charge in [0.2, 0.25) is 6.39 Å². The molecule has 0 radical (unpaired) electrons. The van der Waals surface area contributed by atoms with Gasteiger partial charge >= 0.3 is 0 Å². The second-order valence-electron chi connectivity index (χ2n) is 5.38. The Labute approximate surface area is 140 Å². The van der Waals surface area contributed by atoms with Gasteiger partial charge in [0, 0.05) is 17.2 Å². The molecule has 5 rings (SSSR count). The molecule has 2 aromatic heterocycles. The zero-order valence-corrected chi connectivity index (χ0v) is 12.9. The Morgan fingerprint density at radius 2 is 2.25 bits per heavy atom. The molecule has 0 aliphatic carbocycles. The molecule has 4 heterocycles. The third kappa shape index (κ3) is 1.95. The number of H-pyrrole nitrogens is 1. The van der Waals surface area contributed by atoms with E-state index in [9.17, 15) is 0 Å². The summed E-state index contributed by atoms with van der Waals surface area (Å²) in [5, 5.41) is 16.1. The number of ether oxygens (including phenoxy) is 1. The number of benzene rings is 1. The fourth-order valence-corrected chi connectivity index (χ4v) is 3.05. The van der Waals surface area contributed by atoms with Crippen LogP contribution < -0.4 is 4.90 Å². The number of allylic oxidation sites excluding steroid dienone is 1. The minimum absolute atomic E-state index is 0.363. The molecule has 118 valence electrons. The number of hydrogen-bond donors (Lipinski definition) is 1. The van der Waals surface area contributed by atoms with Crippen molar-refractivity contribution < 1.29 is 9.15 Å². The standard InChI is InChI=1S/C16H10ClN5O2/c17-11-1-2-12(10-6-18-20-15(10)11)22-4-3-9-5-13(24-14(9)7-22)16-21-19-8-23-16/h1-8,13H,(H,18,20). The average Bonchev–Trinajstić information content (AvgIpc) is 3.33. The van der Waals surface area contributed by atoms with Crippen LogP contribution in [0.4, 0.5) is 5.69 Å². The third-order valence-electron chi connectivity index (χ3n) is 3.98. The summed E-state index contributed by atoms with van der Waals surface area (Å²) in [6.07, 6.45) is 10.5. The molecule has 1 atom stereocenters. The fraction of sp³-hybridized carbons (Fsp3) is 0.0625. The van der Waals surface area contributed by atoms with Crippen LogP contribution in [0.3, 0.4) is 0 Å². The molecule has 1 aromatic carbocycles. The maximum Gasteiger partial charge on any atom is 0.260 e. The van der Waals surface area contributed by atoms with Gasteiger partial charge in [0.25, 0.3) is 5.89 Å². The molecule has 0 amide bonds. The number of fused-ring (bicyclic) bond motifs is 2. The first-order chi connectivity index (χ1) is 11.8. The highest BCUT2D eigenvalue weighted by Gasteiger charge is 2.28. The minimum atomic E-state index is -0.363. The van der Waals surface area contributed by atoms with Crippen molar-refractivity contribution in [3.63, 3.8) is 0 Å². The van der Waals surface area contributed by atoms with Gasteiger partial charge in [-0.25, -0.2) is 0 Å². The van der Waals surface area contributed by atoms with E-state index in [4.69, 9.17) is 20.8 Å². The lowest BCUT2D eigenvalue weighted by Crippen LogP contribution is -2.12. The molecule has 1 N–H and O–H groups in total. The van der Waals surface area contributed by atoms with Crippen molar-refractivity contribution >= 4 is 28.2 Å². The second-order valence-corrected chi connectivity index (χ2v) is 5.79. The number of anilines is 1. The molecule has 0 spiro atoms. The normalized spacial score (nSPS) is 19.2. The first-order valence-electron chi connectivity index (χ1n) is 7.24. The first-order valence-corrected chi connectivity index (χ1v) is 7.62. The van der Waals surface area contributed by atoms with E-state index in [1.807, 2.05) is 41.6 Å². The summed E-state index contributed by atoms with van der Waals surface area (Å²) in [4.78, 5) is 1.97. The molecular weight excluding hydrogens is 330 g/mol. The Kier molecular flexibility index (Phi) is 2.77. The largest absolute Gasteiger partial charge is 0.474 e. The zero-order valence-electron chi connectivity index (χ0n) is 12.2. The predicted molar refractivity (Wildman–Crippen MR) is 87.0 cm³/mol. The molecule has 2 aliphatic rings. The van der Waals surface area contributed by atoms with Crippen LogP contribution in [0.25, 0.3) is 10.9 Å². The summed E-state index contributed by atoms with van der Waals surface area (Å²) >= 11 is 6.19. The number of rotatable bonds is 2. The van der Waals surface area contributed by atoms with Crippen LogP contribution in [0.5, 0.6) is 0 Å². The zero-order chi connectivity index (χ0) is 16.1. The van der Waals surface area contributed by atoms with E-state index in [-0.39, 0.29) is 6.10 Å². The van der Waals surface area contributed by atoms with E-state index in [2.05, 4.69) is 20.4 Å². The summed E-state index contributed by atoms with van der Waals surface area (Å²) < 4.78 is 11.1. The highest BCUT2D eigenvalue weighted by molar-refractivity contribution is 6.35. The van der Waals surface area contributed by atoms with Crippen molar-refractivity contribution in [2.45, 2.75) is 6.10 Å². The summed E-state index contributed by atoms with van der Waals surface area (Å²) in [5.74, 6) is 1.17. The van der Waals surface area contributed by atoms with Crippen molar-refractivity contribution in [3.05, 3.63) is 71.5 Å². The Morgan fingerprint density at radius 1 is 1.29 bits per heavy atom.